The van der Waals surface area contributed by atoms with Crippen molar-refractivity contribution < 1.29 is 4.74 Å². The Morgan fingerprint density at radius 3 is 2.79 bits per heavy atom. The van der Waals surface area contributed by atoms with E-state index in [0.29, 0.717) is 5.95 Å². The highest BCUT2D eigenvalue weighted by atomic mass is 16.5. The maximum Gasteiger partial charge on any atom is 0.239 e. The number of anilines is 1. The first-order valence-electron chi connectivity index (χ1n) is 4.94. The molecular weight excluding hydrogens is 180 g/mol. The van der Waals surface area contributed by atoms with Crippen molar-refractivity contribution in [3.63, 3.8) is 0 Å². The highest BCUT2D eigenvalue weighted by molar-refractivity contribution is 5.09. The molecule has 0 spiro atoms. The van der Waals surface area contributed by atoms with E-state index in [2.05, 4.69) is 10.1 Å². The lowest BCUT2D eigenvalue weighted by Gasteiger charge is -2.26. The summed E-state index contributed by atoms with van der Waals surface area (Å²) in [5, 5.41) is 4.07. The molecular formula is C9H16N4O. The molecule has 1 heterocycles. The Kier molecular flexibility index (Phi) is 2.41. The first-order chi connectivity index (χ1) is 6.74. The van der Waals surface area contributed by atoms with E-state index >= 15 is 0 Å². The highest BCUT2D eigenvalue weighted by Gasteiger charge is 2.34. The standard InChI is InChI=1S/C9H16N4O/c1-14-9(4-2-3-5-9)6-13-7-11-8(10)12-13/h7H,2-6H2,1H3,(H2,10,12). The van der Waals surface area contributed by atoms with Crippen LogP contribution in [0.1, 0.15) is 25.7 Å². The highest BCUT2D eigenvalue weighted by Crippen LogP contribution is 2.33. The number of nitrogen functional groups attached to an aromatic ring is 1. The second-order valence-corrected chi connectivity index (χ2v) is 3.89. The molecule has 2 rings (SSSR count). The van der Waals surface area contributed by atoms with Gasteiger partial charge in [0.1, 0.15) is 6.33 Å². The fourth-order valence-electron chi connectivity index (χ4n) is 2.13. The van der Waals surface area contributed by atoms with Crippen molar-refractivity contribution in [2.75, 3.05) is 12.8 Å². The van der Waals surface area contributed by atoms with Crippen LogP contribution in [-0.4, -0.2) is 27.5 Å². The summed E-state index contributed by atoms with van der Waals surface area (Å²) in [5.41, 5.74) is 5.41. The van der Waals surface area contributed by atoms with Gasteiger partial charge in [0.15, 0.2) is 0 Å². The van der Waals surface area contributed by atoms with E-state index < -0.39 is 0 Å². The van der Waals surface area contributed by atoms with Crippen molar-refractivity contribution in [1.82, 2.24) is 14.8 Å². The number of nitrogens with zero attached hydrogens (tertiary/aromatic N) is 3. The van der Waals surface area contributed by atoms with Crippen LogP contribution >= 0.6 is 0 Å². The number of ether oxygens (including phenoxy) is 1. The lowest BCUT2D eigenvalue weighted by Crippen LogP contribution is -2.33. The average Bonchev–Trinajstić information content (AvgIpc) is 2.77. The second kappa shape index (κ2) is 3.57. The maximum absolute atomic E-state index is 5.58. The van der Waals surface area contributed by atoms with Crippen LogP contribution < -0.4 is 5.73 Å². The monoisotopic (exact) mass is 196 g/mol. The van der Waals surface area contributed by atoms with Gasteiger partial charge >= 0.3 is 0 Å². The molecule has 2 N–H and O–H groups in total. The minimum Gasteiger partial charge on any atom is -0.376 e. The first kappa shape index (κ1) is 9.45. The van der Waals surface area contributed by atoms with Crippen molar-refractivity contribution in [2.45, 2.75) is 37.8 Å². The van der Waals surface area contributed by atoms with E-state index in [1.165, 1.54) is 12.8 Å². The maximum atomic E-state index is 5.58. The van der Waals surface area contributed by atoms with Gasteiger partial charge < -0.3 is 10.5 Å². The Morgan fingerprint density at radius 1 is 1.57 bits per heavy atom. The van der Waals surface area contributed by atoms with Gasteiger partial charge in [-0.3, -0.25) is 0 Å². The minimum absolute atomic E-state index is 0.0415. The Labute approximate surface area is 83.3 Å². The van der Waals surface area contributed by atoms with Gasteiger partial charge in [-0.1, -0.05) is 12.8 Å². The lowest BCUT2D eigenvalue weighted by atomic mass is 10.0. The lowest BCUT2D eigenvalue weighted by molar-refractivity contribution is -0.0208. The second-order valence-electron chi connectivity index (χ2n) is 3.89. The van der Waals surface area contributed by atoms with Crippen molar-refractivity contribution in [1.29, 1.82) is 0 Å². The third-order valence-electron chi connectivity index (χ3n) is 2.95. The Hall–Kier alpha value is -1.10. The molecule has 0 saturated heterocycles. The van der Waals surface area contributed by atoms with Crippen LogP contribution in [0.4, 0.5) is 5.95 Å². The first-order valence-corrected chi connectivity index (χ1v) is 4.94. The molecule has 0 bridgehead atoms. The van der Waals surface area contributed by atoms with Crippen LogP contribution in [0.5, 0.6) is 0 Å². The Balaban J connectivity index is 2.08. The predicted octanol–water partition coefficient (Wildman–Crippen LogP) is 0.819. The normalized spacial score (nSPS) is 20.1. The van der Waals surface area contributed by atoms with Gasteiger partial charge in [0.25, 0.3) is 0 Å². The summed E-state index contributed by atoms with van der Waals surface area (Å²) in [6.45, 7) is 0.758. The number of aromatic nitrogens is 3. The molecule has 0 unspecified atom stereocenters. The molecule has 1 fully saturated rings. The van der Waals surface area contributed by atoms with Gasteiger partial charge in [0.2, 0.25) is 5.95 Å². The number of methoxy groups -OCH3 is 1. The smallest absolute Gasteiger partial charge is 0.239 e. The molecule has 14 heavy (non-hydrogen) atoms. The quantitative estimate of drug-likeness (QED) is 0.777. The SMILES string of the molecule is COC1(Cn2cnc(N)n2)CCCC1. The van der Waals surface area contributed by atoms with Gasteiger partial charge in [-0.2, -0.15) is 0 Å². The zero-order valence-corrected chi connectivity index (χ0v) is 8.44. The summed E-state index contributed by atoms with van der Waals surface area (Å²) < 4.78 is 7.35. The summed E-state index contributed by atoms with van der Waals surface area (Å²) in [4.78, 5) is 3.90. The molecule has 0 amide bonds. The van der Waals surface area contributed by atoms with Crippen LogP contribution in [0.15, 0.2) is 6.33 Å². The third-order valence-corrected chi connectivity index (χ3v) is 2.95. The van der Waals surface area contributed by atoms with Crippen LogP contribution in [0.25, 0.3) is 0 Å². The molecule has 5 nitrogen and oxygen atoms in total. The van der Waals surface area contributed by atoms with Crippen LogP contribution in [0, 0.1) is 0 Å². The number of rotatable bonds is 3. The molecule has 78 valence electrons. The number of hydrogen-bond donors (Lipinski definition) is 1. The summed E-state index contributed by atoms with van der Waals surface area (Å²) >= 11 is 0. The van der Waals surface area contributed by atoms with Crippen LogP contribution in [0.3, 0.4) is 0 Å². The van der Waals surface area contributed by atoms with Crippen molar-refractivity contribution in [2.24, 2.45) is 0 Å². The average molecular weight is 196 g/mol. The zero-order valence-electron chi connectivity index (χ0n) is 8.44. The molecule has 1 aliphatic rings. The largest absolute Gasteiger partial charge is 0.376 e. The van der Waals surface area contributed by atoms with E-state index in [4.69, 9.17) is 10.5 Å². The molecule has 0 aromatic carbocycles. The zero-order chi connectivity index (χ0) is 10.0. The molecule has 0 aliphatic heterocycles. The fraction of sp³-hybridized carbons (Fsp3) is 0.778. The molecule has 0 radical (unpaired) electrons. The van der Waals surface area contributed by atoms with Crippen molar-refractivity contribution in [3.8, 4) is 0 Å². The summed E-state index contributed by atoms with van der Waals surface area (Å²) in [6, 6.07) is 0. The minimum atomic E-state index is -0.0415. The molecule has 1 aromatic heterocycles. The topological polar surface area (TPSA) is 66.0 Å². The molecule has 1 aromatic rings. The Bertz CT molecular complexity index is 304. The van der Waals surface area contributed by atoms with Crippen LogP contribution in [-0.2, 0) is 11.3 Å². The van der Waals surface area contributed by atoms with E-state index in [-0.39, 0.29) is 5.60 Å². The van der Waals surface area contributed by atoms with Gasteiger partial charge in [0, 0.05) is 7.11 Å². The molecule has 0 atom stereocenters. The predicted molar refractivity (Wildman–Crippen MR) is 52.6 cm³/mol. The number of nitrogens with two attached hydrogens (primary N) is 1. The van der Waals surface area contributed by atoms with Crippen LogP contribution in [0.2, 0.25) is 0 Å². The van der Waals surface area contributed by atoms with E-state index in [1.54, 1.807) is 18.1 Å². The van der Waals surface area contributed by atoms with Gasteiger partial charge in [-0.05, 0) is 12.8 Å². The molecule has 5 heteroatoms. The molecule has 1 saturated carbocycles. The van der Waals surface area contributed by atoms with Gasteiger partial charge in [-0.25, -0.2) is 9.67 Å². The van der Waals surface area contributed by atoms with E-state index in [0.717, 1.165) is 19.4 Å². The van der Waals surface area contributed by atoms with Crippen molar-refractivity contribution in [3.05, 3.63) is 6.33 Å². The van der Waals surface area contributed by atoms with Gasteiger partial charge in [0.05, 0.1) is 12.1 Å². The van der Waals surface area contributed by atoms with E-state index in [1.807, 2.05) is 0 Å². The van der Waals surface area contributed by atoms with Gasteiger partial charge in [-0.15, -0.1) is 5.10 Å². The third kappa shape index (κ3) is 1.72. The van der Waals surface area contributed by atoms with Crippen molar-refractivity contribution >= 4 is 5.95 Å². The summed E-state index contributed by atoms with van der Waals surface area (Å²) in [5.74, 6) is 0.328. The fourth-order valence-corrected chi connectivity index (χ4v) is 2.13. The molecule has 1 aliphatic carbocycles. The Morgan fingerprint density at radius 2 is 2.29 bits per heavy atom. The number of hydrogen-bond acceptors (Lipinski definition) is 4. The van der Waals surface area contributed by atoms with E-state index in [9.17, 15) is 0 Å². The summed E-state index contributed by atoms with van der Waals surface area (Å²) in [6.07, 6.45) is 6.33. The summed E-state index contributed by atoms with van der Waals surface area (Å²) in [7, 11) is 1.77.